The third kappa shape index (κ3) is 14.9. The van der Waals surface area contributed by atoms with Gasteiger partial charge >= 0.3 is 42.9 Å². The first-order valence-corrected chi connectivity index (χ1v) is 16.4. The number of halogens is 18. The Morgan fingerprint density at radius 3 is 0.348 bits per heavy atom. The van der Waals surface area contributed by atoms with E-state index in [-0.39, 0.29) is 9.90 Å². The van der Waals surface area contributed by atoms with Crippen LogP contribution in [-0.2, 0) is 60.1 Å². The molecule has 0 saturated heterocycles. The Balaban J connectivity index is -0.000000285. The van der Waals surface area contributed by atoms with Gasteiger partial charge in [-0.05, 0) is 0 Å². The molecule has 0 bridgehead atoms. The first-order chi connectivity index (χ1) is 18.6. The van der Waals surface area contributed by atoms with Crippen LogP contribution in [0.3, 0.4) is 0 Å². The van der Waals surface area contributed by atoms with Crippen molar-refractivity contribution < 1.29 is 130 Å². The van der Waals surface area contributed by atoms with E-state index in [2.05, 4.69) is 0 Å². The largest absolute Gasteiger partial charge is 3.00 e. The summed E-state index contributed by atoms with van der Waals surface area (Å²) in [5, 5.41) is 0. The molecule has 0 N–H and O–H groups in total. The number of sulfonamides is 6. The summed E-state index contributed by atoms with van der Waals surface area (Å²) in [6.45, 7) is 0. The molecule has 278 valence electrons. The fourth-order valence-corrected chi connectivity index (χ4v) is 5.77. The zero-order chi connectivity index (χ0) is 38.1. The monoisotopic (exact) mass is 871 g/mol. The summed E-state index contributed by atoms with van der Waals surface area (Å²) in [7, 11) is -40.3. The molecule has 0 aromatic heterocycles. The minimum Gasteiger partial charge on any atom is -0.421 e. The molecule has 2 radical (unpaired) electrons. The van der Waals surface area contributed by atoms with Gasteiger partial charge in [0.25, 0.3) is 0 Å². The fourth-order valence-electron chi connectivity index (χ4n) is 0.641. The number of hydrogen-bond acceptors (Lipinski definition) is 12. The van der Waals surface area contributed by atoms with Crippen LogP contribution in [0.5, 0.6) is 0 Å². The molecule has 40 heteroatoms. The maximum absolute atomic E-state index is 11.4. The molecule has 0 aliphatic heterocycles. The molecular formula is C6F18N3O12PS6. The van der Waals surface area contributed by atoms with Gasteiger partial charge in [0.1, 0.15) is 0 Å². The predicted octanol–water partition coefficient (Wildman–Crippen LogP) is 4.04. The van der Waals surface area contributed by atoms with Crippen LogP contribution in [0, 0.1) is 0 Å². The Bertz CT molecular complexity index is 1370. The second-order valence-corrected chi connectivity index (χ2v) is 16.0. The van der Waals surface area contributed by atoms with Gasteiger partial charge < -0.3 is 12.4 Å². The molecule has 46 heavy (non-hydrogen) atoms. The molecule has 0 aromatic rings. The van der Waals surface area contributed by atoms with E-state index in [0.29, 0.717) is 0 Å². The molecule has 0 heterocycles. The average molecular weight is 871 g/mol. The van der Waals surface area contributed by atoms with Gasteiger partial charge in [0.05, 0.1) is 0 Å². The fraction of sp³-hybridized carbons (Fsp3) is 1.00. The summed E-state index contributed by atoms with van der Waals surface area (Å²) in [4.78, 5) is 0. The van der Waals surface area contributed by atoms with Crippen LogP contribution >= 0.6 is 9.90 Å². The van der Waals surface area contributed by atoms with E-state index in [0.717, 1.165) is 12.4 Å². The van der Waals surface area contributed by atoms with Gasteiger partial charge in [0, 0.05) is 0 Å². The maximum atomic E-state index is 11.4. The van der Waals surface area contributed by atoms with E-state index >= 15 is 0 Å². The van der Waals surface area contributed by atoms with E-state index in [1.807, 2.05) is 0 Å². The van der Waals surface area contributed by atoms with E-state index in [1.54, 1.807) is 0 Å². The Hall–Kier alpha value is -1.25. The topological polar surface area (TPSA) is 247 Å². The summed E-state index contributed by atoms with van der Waals surface area (Å²) in [5.41, 5.74) is -37.2. The average Bonchev–Trinajstić information content (AvgIpc) is 2.61. The molecule has 0 atom stereocenters. The van der Waals surface area contributed by atoms with Gasteiger partial charge in [0.15, 0.2) is 60.1 Å². The van der Waals surface area contributed by atoms with Gasteiger partial charge in [-0.2, -0.15) is 79.0 Å². The smallest absolute Gasteiger partial charge is 0.421 e. The van der Waals surface area contributed by atoms with Crippen LogP contribution in [0.25, 0.3) is 12.4 Å². The Kier molecular flexibility index (Phi) is 16.5. The van der Waals surface area contributed by atoms with Crippen molar-refractivity contribution in [2.24, 2.45) is 0 Å². The first-order valence-electron chi connectivity index (χ1n) is 7.72. The van der Waals surface area contributed by atoms with Crippen molar-refractivity contribution in [2.45, 2.75) is 33.0 Å². The molecular weight excluding hydrogens is 871 g/mol. The van der Waals surface area contributed by atoms with Crippen LogP contribution in [-0.4, -0.2) is 83.6 Å². The van der Waals surface area contributed by atoms with Crippen LogP contribution < -0.4 is 0 Å². The van der Waals surface area contributed by atoms with Crippen molar-refractivity contribution in [3.63, 3.8) is 0 Å². The van der Waals surface area contributed by atoms with Crippen molar-refractivity contribution in [3.05, 3.63) is 12.4 Å². The van der Waals surface area contributed by atoms with E-state index < -0.39 is 93.2 Å². The summed E-state index contributed by atoms with van der Waals surface area (Å²) < 4.78 is 328. The third-order valence-electron chi connectivity index (χ3n) is 2.34. The van der Waals surface area contributed by atoms with Gasteiger partial charge in [-0.25, -0.2) is 50.5 Å². The summed E-state index contributed by atoms with van der Waals surface area (Å²) in [6, 6.07) is 0. The molecule has 0 aliphatic carbocycles. The van der Waals surface area contributed by atoms with Crippen molar-refractivity contribution >= 4 is 70.0 Å². The van der Waals surface area contributed by atoms with Gasteiger partial charge in [-0.1, -0.05) is 0 Å². The Morgan fingerprint density at radius 1 is 0.239 bits per heavy atom. The zero-order valence-corrected chi connectivity index (χ0v) is 24.7. The van der Waals surface area contributed by atoms with Crippen LogP contribution in [0.1, 0.15) is 0 Å². The summed E-state index contributed by atoms with van der Waals surface area (Å²) in [6.07, 6.45) is 0. The zero-order valence-electron chi connectivity index (χ0n) is 18.9. The van der Waals surface area contributed by atoms with Crippen molar-refractivity contribution in [2.75, 3.05) is 0 Å². The van der Waals surface area contributed by atoms with Gasteiger partial charge in [-0.15, -0.1) is 0 Å². The molecule has 15 nitrogen and oxygen atoms in total. The molecule has 0 spiro atoms. The number of alkyl halides is 18. The first kappa shape index (κ1) is 51.6. The molecule has 0 unspecified atom stereocenters. The number of rotatable bonds is 6. The third-order valence-corrected chi connectivity index (χ3v) is 10.6. The Labute approximate surface area is 245 Å². The van der Waals surface area contributed by atoms with Crippen molar-refractivity contribution in [1.82, 2.24) is 0 Å². The second-order valence-electron chi connectivity index (χ2n) is 5.75. The van der Waals surface area contributed by atoms with E-state index in [4.69, 9.17) is 0 Å². The van der Waals surface area contributed by atoms with E-state index in [9.17, 15) is 130 Å². The standard InChI is InChI=1S/3C2F6NO4S2.P/c3*3-1(4,5)14(10,11)9-15(12,13)2(6,7)8;/q3*-1;+3. The van der Waals surface area contributed by atoms with Crippen LogP contribution in [0.15, 0.2) is 0 Å². The van der Waals surface area contributed by atoms with Crippen molar-refractivity contribution in [3.8, 4) is 0 Å². The molecule has 0 rings (SSSR count). The molecule has 0 amide bonds. The quantitative estimate of drug-likeness (QED) is 0.271. The SMILES string of the molecule is O=S(=O)([N-]S(=O)(=O)C(F)(F)F)C(F)(F)F.O=S(=O)([N-]S(=O)(=O)C(F)(F)F)C(F)(F)F.O=S(=O)([N-]S(=O)(=O)C(F)(F)F)C(F)(F)F.[P+3]. The normalized spacial score (nSPS) is 15.0. The number of nitrogens with zero attached hydrogens (tertiary/aromatic N) is 3. The van der Waals surface area contributed by atoms with Crippen LogP contribution in [0.2, 0.25) is 0 Å². The van der Waals surface area contributed by atoms with Gasteiger partial charge in [0.2, 0.25) is 0 Å². The predicted molar refractivity (Wildman–Crippen MR) is 107 cm³/mol. The molecule has 0 fully saturated rings. The second kappa shape index (κ2) is 14.7. The van der Waals surface area contributed by atoms with E-state index in [1.165, 1.54) is 0 Å². The molecule has 0 saturated carbocycles. The van der Waals surface area contributed by atoms with Gasteiger partial charge in [-0.3, -0.25) is 0 Å². The van der Waals surface area contributed by atoms with Crippen molar-refractivity contribution in [1.29, 1.82) is 0 Å². The maximum Gasteiger partial charge on any atom is 3.00 e. The van der Waals surface area contributed by atoms with Crippen LogP contribution in [0.4, 0.5) is 79.0 Å². The summed E-state index contributed by atoms with van der Waals surface area (Å²) >= 11 is 0. The minimum absolute atomic E-state index is 0. The molecule has 0 aliphatic rings. The summed E-state index contributed by atoms with van der Waals surface area (Å²) in [5.74, 6) is 0. The molecule has 0 aromatic carbocycles. The Morgan fingerprint density at radius 2 is 0.304 bits per heavy atom. The minimum atomic E-state index is -6.72. The number of hydrogen-bond donors (Lipinski definition) is 0.